The first-order valence-electron chi connectivity index (χ1n) is 5.34. The van der Waals surface area contributed by atoms with Gasteiger partial charge in [-0.3, -0.25) is 4.79 Å². The van der Waals surface area contributed by atoms with Crippen LogP contribution >= 0.6 is 0 Å². The van der Waals surface area contributed by atoms with E-state index in [9.17, 15) is 9.18 Å². The molecule has 7 heteroatoms. The van der Waals surface area contributed by atoms with Gasteiger partial charge in [-0.2, -0.15) is 0 Å². The molecule has 0 saturated heterocycles. The van der Waals surface area contributed by atoms with Crippen LogP contribution in [0.25, 0.3) is 0 Å². The number of amides is 1. The fourth-order valence-electron chi connectivity index (χ4n) is 1.38. The van der Waals surface area contributed by atoms with E-state index in [1.165, 1.54) is 18.5 Å². The maximum Gasteiger partial charge on any atom is 0.276 e. The Morgan fingerprint density at radius 3 is 2.94 bits per heavy atom. The van der Waals surface area contributed by atoms with Crippen LogP contribution < -0.4 is 11.1 Å². The van der Waals surface area contributed by atoms with Crippen molar-refractivity contribution in [3.05, 3.63) is 42.4 Å². The molecule has 2 aromatic rings. The molecular formula is C11H12FN5O. The summed E-state index contributed by atoms with van der Waals surface area (Å²) in [6, 6.07) is 2.60. The molecule has 94 valence electrons. The molecule has 0 spiro atoms. The Bertz CT molecular complexity index is 537. The summed E-state index contributed by atoms with van der Waals surface area (Å²) >= 11 is 0. The van der Waals surface area contributed by atoms with E-state index in [1.54, 1.807) is 10.8 Å². The molecule has 2 aromatic heterocycles. The summed E-state index contributed by atoms with van der Waals surface area (Å²) in [5.41, 5.74) is 5.65. The van der Waals surface area contributed by atoms with Gasteiger partial charge in [0.15, 0.2) is 0 Å². The van der Waals surface area contributed by atoms with Gasteiger partial charge in [-0.1, -0.05) is 0 Å². The highest BCUT2D eigenvalue weighted by Crippen LogP contribution is 2.06. The number of carbonyl (C=O) groups is 1. The fourth-order valence-corrected chi connectivity index (χ4v) is 1.38. The van der Waals surface area contributed by atoms with Crippen LogP contribution in [0.2, 0.25) is 0 Å². The van der Waals surface area contributed by atoms with Gasteiger partial charge in [0.05, 0.1) is 12.5 Å². The van der Waals surface area contributed by atoms with Gasteiger partial charge in [-0.25, -0.2) is 14.4 Å². The Morgan fingerprint density at radius 2 is 2.28 bits per heavy atom. The normalized spacial score (nSPS) is 10.3. The standard InChI is InChI=1S/C11H12FN5O/c12-8-1-2-10(14-5-8)16-11(18)9-6-17(4-3-13)7-15-9/h1-2,5-7H,3-4,13H2,(H,14,16,18). The van der Waals surface area contributed by atoms with Gasteiger partial charge < -0.3 is 15.6 Å². The second kappa shape index (κ2) is 5.37. The number of aromatic nitrogens is 3. The third-order valence-corrected chi connectivity index (χ3v) is 2.22. The predicted octanol–water partition coefficient (Wildman–Crippen LogP) is 0.628. The molecule has 0 aliphatic rings. The molecule has 18 heavy (non-hydrogen) atoms. The zero-order chi connectivity index (χ0) is 13.0. The van der Waals surface area contributed by atoms with Crippen LogP contribution in [0.3, 0.4) is 0 Å². The van der Waals surface area contributed by atoms with E-state index >= 15 is 0 Å². The number of rotatable bonds is 4. The lowest BCUT2D eigenvalue weighted by atomic mass is 10.4. The van der Waals surface area contributed by atoms with Crippen LogP contribution in [0.4, 0.5) is 10.2 Å². The van der Waals surface area contributed by atoms with Gasteiger partial charge in [0.1, 0.15) is 17.3 Å². The summed E-state index contributed by atoms with van der Waals surface area (Å²) in [4.78, 5) is 19.4. The van der Waals surface area contributed by atoms with E-state index < -0.39 is 11.7 Å². The van der Waals surface area contributed by atoms with Crippen LogP contribution in [-0.2, 0) is 6.54 Å². The van der Waals surface area contributed by atoms with E-state index in [0.717, 1.165) is 6.20 Å². The Kier molecular flexibility index (Phi) is 3.63. The monoisotopic (exact) mass is 249 g/mol. The molecule has 2 rings (SSSR count). The first kappa shape index (κ1) is 12.2. The summed E-state index contributed by atoms with van der Waals surface area (Å²) in [6.07, 6.45) is 4.15. The Morgan fingerprint density at radius 1 is 1.44 bits per heavy atom. The largest absolute Gasteiger partial charge is 0.335 e. The molecule has 0 radical (unpaired) electrons. The molecule has 0 bridgehead atoms. The number of imidazole rings is 1. The Hall–Kier alpha value is -2.28. The maximum absolute atomic E-state index is 12.6. The van der Waals surface area contributed by atoms with Crippen molar-refractivity contribution in [2.45, 2.75) is 6.54 Å². The summed E-state index contributed by atoms with van der Waals surface area (Å²) in [5.74, 6) is -0.583. The number of nitrogens with zero attached hydrogens (tertiary/aromatic N) is 3. The molecule has 0 atom stereocenters. The molecule has 0 fully saturated rings. The van der Waals surface area contributed by atoms with Crippen LogP contribution in [0.1, 0.15) is 10.5 Å². The van der Waals surface area contributed by atoms with Crippen LogP contribution in [0.15, 0.2) is 30.9 Å². The van der Waals surface area contributed by atoms with E-state index in [0.29, 0.717) is 13.1 Å². The van der Waals surface area contributed by atoms with Gasteiger partial charge in [0.2, 0.25) is 0 Å². The second-order valence-electron chi connectivity index (χ2n) is 3.60. The third-order valence-electron chi connectivity index (χ3n) is 2.22. The Balaban J connectivity index is 2.04. The summed E-state index contributed by atoms with van der Waals surface area (Å²) in [5, 5.41) is 2.52. The van der Waals surface area contributed by atoms with E-state index in [2.05, 4.69) is 15.3 Å². The van der Waals surface area contributed by atoms with E-state index in [4.69, 9.17) is 5.73 Å². The highest BCUT2D eigenvalue weighted by molar-refractivity contribution is 6.02. The first-order valence-corrected chi connectivity index (χ1v) is 5.34. The number of halogens is 1. The summed E-state index contributed by atoms with van der Waals surface area (Å²) in [6.45, 7) is 1.06. The zero-order valence-electron chi connectivity index (χ0n) is 9.51. The summed E-state index contributed by atoms with van der Waals surface area (Å²) < 4.78 is 14.3. The average Bonchev–Trinajstić information content (AvgIpc) is 2.81. The number of hydrogen-bond donors (Lipinski definition) is 2. The lowest BCUT2D eigenvalue weighted by Crippen LogP contribution is -2.13. The fraction of sp³-hybridized carbons (Fsp3) is 0.182. The van der Waals surface area contributed by atoms with E-state index in [1.807, 2.05) is 0 Å². The van der Waals surface area contributed by atoms with Crippen molar-refractivity contribution < 1.29 is 9.18 Å². The number of carbonyl (C=O) groups excluding carboxylic acids is 1. The van der Waals surface area contributed by atoms with Crippen molar-refractivity contribution in [2.75, 3.05) is 11.9 Å². The minimum atomic E-state index is -0.458. The molecular weight excluding hydrogens is 237 g/mol. The molecule has 2 heterocycles. The molecule has 0 saturated carbocycles. The number of hydrogen-bond acceptors (Lipinski definition) is 4. The van der Waals surface area contributed by atoms with Gasteiger partial charge in [-0.15, -0.1) is 0 Å². The zero-order valence-corrected chi connectivity index (χ0v) is 9.51. The highest BCUT2D eigenvalue weighted by atomic mass is 19.1. The number of anilines is 1. The molecule has 0 aliphatic heterocycles. The van der Waals surface area contributed by atoms with Gasteiger partial charge in [0.25, 0.3) is 5.91 Å². The van der Waals surface area contributed by atoms with E-state index in [-0.39, 0.29) is 11.5 Å². The minimum Gasteiger partial charge on any atom is -0.335 e. The lowest BCUT2D eigenvalue weighted by Gasteiger charge is -2.01. The maximum atomic E-state index is 12.6. The predicted molar refractivity (Wildman–Crippen MR) is 63.4 cm³/mol. The molecule has 3 N–H and O–H groups in total. The third kappa shape index (κ3) is 2.89. The molecule has 0 unspecified atom stereocenters. The molecule has 6 nitrogen and oxygen atoms in total. The van der Waals surface area contributed by atoms with Crippen LogP contribution in [-0.4, -0.2) is 27.0 Å². The average molecular weight is 249 g/mol. The SMILES string of the molecule is NCCn1cnc(C(=O)Nc2ccc(F)cn2)c1. The van der Waals surface area contributed by atoms with Crippen LogP contribution in [0.5, 0.6) is 0 Å². The quantitative estimate of drug-likeness (QED) is 0.832. The first-order chi connectivity index (χ1) is 8.69. The molecule has 1 amide bonds. The smallest absolute Gasteiger partial charge is 0.276 e. The number of nitrogens with two attached hydrogens (primary N) is 1. The molecule has 0 aliphatic carbocycles. The van der Waals surface area contributed by atoms with Crippen molar-refractivity contribution >= 4 is 11.7 Å². The van der Waals surface area contributed by atoms with Crippen LogP contribution in [0, 0.1) is 5.82 Å². The van der Waals surface area contributed by atoms with Crippen molar-refractivity contribution in [2.24, 2.45) is 5.73 Å². The lowest BCUT2D eigenvalue weighted by molar-refractivity contribution is 0.102. The van der Waals surface area contributed by atoms with Gasteiger partial charge in [-0.05, 0) is 12.1 Å². The number of pyridine rings is 1. The van der Waals surface area contributed by atoms with Crippen molar-refractivity contribution in [3.63, 3.8) is 0 Å². The second-order valence-corrected chi connectivity index (χ2v) is 3.60. The van der Waals surface area contributed by atoms with Crippen molar-refractivity contribution in [1.82, 2.24) is 14.5 Å². The topological polar surface area (TPSA) is 85.8 Å². The van der Waals surface area contributed by atoms with Gasteiger partial charge in [0, 0.05) is 19.3 Å². The highest BCUT2D eigenvalue weighted by Gasteiger charge is 2.10. The van der Waals surface area contributed by atoms with Crippen molar-refractivity contribution in [3.8, 4) is 0 Å². The minimum absolute atomic E-state index is 0.259. The Labute approximate surface area is 103 Å². The molecule has 0 aromatic carbocycles. The number of nitrogens with one attached hydrogen (secondary N) is 1. The van der Waals surface area contributed by atoms with Gasteiger partial charge >= 0.3 is 0 Å². The summed E-state index contributed by atoms with van der Waals surface area (Å²) in [7, 11) is 0. The van der Waals surface area contributed by atoms with Crippen molar-refractivity contribution in [1.29, 1.82) is 0 Å².